The molecule has 0 saturated heterocycles. The van der Waals surface area contributed by atoms with Gasteiger partial charge in [-0.25, -0.2) is 4.57 Å². The van der Waals surface area contributed by atoms with E-state index in [1.807, 2.05) is 0 Å². The van der Waals surface area contributed by atoms with Crippen molar-refractivity contribution in [2.24, 2.45) is 0 Å². The maximum atomic E-state index is 2.39. The average Bonchev–Trinajstić information content (AvgIpc) is 2.46. The SMILES string of the molecule is CCCCCCCCCCCCC[n+]1ccc(C)cc1C. The van der Waals surface area contributed by atoms with Gasteiger partial charge in [-0.2, -0.15) is 0 Å². The van der Waals surface area contributed by atoms with E-state index in [0.717, 1.165) is 0 Å². The Morgan fingerprint density at radius 1 is 0.762 bits per heavy atom. The van der Waals surface area contributed by atoms with Crippen molar-refractivity contribution < 1.29 is 4.57 Å². The second-order valence-corrected chi connectivity index (χ2v) is 6.57. The third-order valence-corrected chi connectivity index (χ3v) is 4.41. The summed E-state index contributed by atoms with van der Waals surface area (Å²) in [5, 5.41) is 0. The second-order valence-electron chi connectivity index (χ2n) is 6.57. The third-order valence-electron chi connectivity index (χ3n) is 4.41. The van der Waals surface area contributed by atoms with E-state index < -0.39 is 0 Å². The van der Waals surface area contributed by atoms with Crippen molar-refractivity contribution in [1.82, 2.24) is 0 Å². The largest absolute Gasteiger partial charge is 0.203 e. The first-order valence-electron chi connectivity index (χ1n) is 9.20. The molecule has 0 aliphatic rings. The molecular weight excluding hydrogens is 254 g/mol. The molecular formula is C20H36N+. The van der Waals surface area contributed by atoms with Gasteiger partial charge >= 0.3 is 0 Å². The van der Waals surface area contributed by atoms with Crippen LogP contribution in [0.3, 0.4) is 0 Å². The fraction of sp³-hybridized carbons (Fsp3) is 0.750. The quantitative estimate of drug-likeness (QED) is 0.333. The summed E-state index contributed by atoms with van der Waals surface area (Å²) in [5.41, 5.74) is 2.75. The number of hydrogen-bond donors (Lipinski definition) is 0. The van der Waals surface area contributed by atoms with Crippen molar-refractivity contribution in [2.75, 3.05) is 0 Å². The smallest absolute Gasteiger partial charge is 0.178 e. The standard InChI is InChI=1S/C20H36N/c1-4-5-6-7-8-9-10-11-12-13-14-16-21-17-15-19(2)18-20(21)3/h15,17-18H,4-14,16H2,1-3H3/q+1. The maximum absolute atomic E-state index is 2.39. The fourth-order valence-electron chi connectivity index (χ4n) is 2.98. The molecule has 21 heavy (non-hydrogen) atoms. The molecule has 1 aromatic rings. The van der Waals surface area contributed by atoms with Gasteiger partial charge in [0.15, 0.2) is 11.9 Å². The molecule has 1 heterocycles. The summed E-state index contributed by atoms with van der Waals surface area (Å²) in [4.78, 5) is 0. The lowest BCUT2D eigenvalue weighted by molar-refractivity contribution is -0.703. The molecule has 1 rings (SSSR count). The van der Waals surface area contributed by atoms with Crippen LogP contribution in [0.4, 0.5) is 0 Å². The Kier molecular flexibility index (Phi) is 10.2. The molecule has 0 unspecified atom stereocenters. The Bertz CT molecular complexity index is 370. The second kappa shape index (κ2) is 11.8. The normalized spacial score (nSPS) is 11.0. The third kappa shape index (κ3) is 8.90. The van der Waals surface area contributed by atoms with Crippen LogP contribution < -0.4 is 4.57 Å². The topological polar surface area (TPSA) is 3.88 Å². The van der Waals surface area contributed by atoms with Crippen molar-refractivity contribution >= 4 is 0 Å². The van der Waals surface area contributed by atoms with E-state index in [1.165, 1.54) is 88.4 Å². The lowest BCUT2D eigenvalue weighted by atomic mass is 10.1. The lowest BCUT2D eigenvalue weighted by Crippen LogP contribution is -2.36. The van der Waals surface area contributed by atoms with E-state index in [-0.39, 0.29) is 0 Å². The number of rotatable bonds is 12. The van der Waals surface area contributed by atoms with Crippen LogP contribution in [-0.4, -0.2) is 0 Å². The van der Waals surface area contributed by atoms with Gasteiger partial charge in [0, 0.05) is 25.5 Å². The van der Waals surface area contributed by atoms with E-state index in [9.17, 15) is 0 Å². The van der Waals surface area contributed by atoms with E-state index in [4.69, 9.17) is 0 Å². The van der Waals surface area contributed by atoms with Gasteiger partial charge in [-0.3, -0.25) is 0 Å². The number of nitrogens with zero attached hydrogens (tertiary/aromatic N) is 1. The summed E-state index contributed by atoms with van der Waals surface area (Å²) in [6.45, 7) is 7.85. The minimum Gasteiger partial charge on any atom is -0.203 e. The van der Waals surface area contributed by atoms with E-state index in [2.05, 4.69) is 43.7 Å². The average molecular weight is 291 g/mol. The maximum Gasteiger partial charge on any atom is 0.178 e. The molecule has 1 aromatic heterocycles. The molecule has 0 saturated carbocycles. The highest BCUT2D eigenvalue weighted by Gasteiger charge is 2.04. The predicted octanol–water partition coefficient (Wildman–Crippen LogP) is 5.90. The Hall–Kier alpha value is -0.850. The van der Waals surface area contributed by atoms with Gasteiger partial charge in [0.1, 0.15) is 6.54 Å². The molecule has 0 aliphatic heterocycles. The van der Waals surface area contributed by atoms with Gasteiger partial charge in [0.2, 0.25) is 0 Å². The van der Waals surface area contributed by atoms with Gasteiger partial charge < -0.3 is 0 Å². The van der Waals surface area contributed by atoms with Gasteiger partial charge in [-0.05, 0) is 18.9 Å². The van der Waals surface area contributed by atoms with Gasteiger partial charge in [0.25, 0.3) is 0 Å². The minimum atomic E-state index is 1.18. The molecule has 1 heteroatoms. The number of pyridine rings is 1. The zero-order chi connectivity index (χ0) is 15.3. The lowest BCUT2D eigenvalue weighted by Gasteiger charge is -2.03. The van der Waals surface area contributed by atoms with Crippen LogP contribution in [0.2, 0.25) is 0 Å². The molecule has 1 nitrogen and oxygen atoms in total. The first-order chi connectivity index (χ1) is 10.2. The number of hydrogen-bond acceptors (Lipinski definition) is 0. The molecule has 0 bridgehead atoms. The molecule has 120 valence electrons. The molecule has 0 aromatic carbocycles. The number of aryl methyl sites for hydroxylation is 3. The van der Waals surface area contributed by atoms with Crippen LogP contribution in [0.1, 0.15) is 88.8 Å². The van der Waals surface area contributed by atoms with Crippen LogP contribution in [-0.2, 0) is 6.54 Å². The van der Waals surface area contributed by atoms with Crippen LogP contribution >= 0.6 is 0 Å². The Labute approximate surface area is 132 Å². The van der Waals surface area contributed by atoms with Crippen molar-refractivity contribution in [1.29, 1.82) is 0 Å². The molecule has 0 atom stereocenters. The van der Waals surface area contributed by atoms with Crippen molar-refractivity contribution in [3.05, 3.63) is 29.6 Å². The molecule has 0 radical (unpaired) electrons. The molecule has 0 spiro atoms. The zero-order valence-corrected chi connectivity index (χ0v) is 14.7. The van der Waals surface area contributed by atoms with E-state index >= 15 is 0 Å². The molecule has 0 amide bonds. The predicted molar refractivity (Wildman–Crippen MR) is 92.6 cm³/mol. The van der Waals surface area contributed by atoms with E-state index in [1.54, 1.807) is 0 Å². The Morgan fingerprint density at radius 2 is 1.29 bits per heavy atom. The molecule has 0 fully saturated rings. The monoisotopic (exact) mass is 290 g/mol. The summed E-state index contributed by atoms with van der Waals surface area (Å²) < 4.78 is 2.39. The van der Waals surface area contributed by atoms with Crippen molar-refractivity contribution in [3.8, 4) is 0 Å². The van der Waals surface area contributed by atoms with Crippen LogP contribution in [0.5, 0.6) is 0 Å². The first kappa shape index (κ1) is 18.2. The molecule has 0 aliphatic carbocycles. The summed E-state index contributed by atoms with van der Waals surface area (Å²) in [6, 6.07) is 4.49. The summed E-state index contributed by atoms with van der Waals surface area (Å²) >= 11 is 0. The van der Waals surface area contributed by atoms with Crippen molar-refractivity contribution in [3.63, 3.8) is 0 Å². The van der Waals surface area contributed by atoms with Gasteiger partial charge in [-0.1, -0.05) is 64.7 Å². The summed E-state index contributed by atoms with van der Waals surface area (Å²) in [6.07, 6.45) is 17.8. The fourth-order valence-corrected chi connectivity index (χ4v) is 2.98. The highest BCUT2D eigenvalue weighted by molar-refractivity contribution is 5.08. The Balaban J connectivity index is 1.93. The summed E-state index contributed by atoms with van der Waals surface area (Å²) in [5.74, 6) is 0. The van der Waals surface area contributed by atoms with Crippen molar-refractivity contribution in [2.45, 2.75) is 97.9 Å². The van der Waals surface area contributed by atoms with Crippen LogP contribution in [0.15, 0.2) is 18.3 Å². The minimum absolute atomic E-state index is 1.18. The summed E-state index contributed by atoms with van der Waals surface area (Å²) in [7, 11) is 0. The van der Waals surface area contributed by atoms with Crippen LogP contribution in [0, 0.1) is 13.8 Å². The Morgan fingerprint density at radius 3 is 1.81 bits per heavy atom. The first-order valence-corrected chi connectivity index (χ1v) is 9.20. The highest BCUT2D eigenvalue weighted by atomic mass is 14.9. The zero-order valence-electron chi connectivity index (χ0n) is 14.7. The van der Waals surface area contributed by atoms with Gasteiger partial charge in [-0.15, -0.1) is 0 Å². The highest BCUT2D eigenvalue weighted by Crippen LogP contribution is 2.11. The van der Waals surface area contributed by atoms with Gasteiger partial charge in [0.05, 0.1) is 0 Å². The molecule has 0 N–H and O–H groups in total. The van der Waals surface area contributed by atoms with Crippen LogP contribution in [0.25, 0.3) is 0 Å². The van der Waals surface area contributed by atoms with E-state index in [0.29, 0.717) is 0 Å². The number of unbranched alkanes of at least 4 members (excludes halogenated alkanes) is 10. The number of aromatic nitrogens is 1.